The van der Waals surface area contributed by atoms with Gasteiger partial charge in [-0.1, -0.05) is 0 Å². The number of hydrogen-bond acceptors (Lipinski definition) is 3. The molecule has 1 amide bonds. The molecule has 0 bridgehead atoms. The van der Waals surface area contributed by atoms with Crippen LogP contribution in [0.3, 0.4) is 0 Å². The number of carbonyl (C=O) groups excluding carboxylic acids is 1. The number of carbonyl (C=O) groups is 2. The number of alkyl halides is 3. The molecule has 19 heavy (non-hydrogen) atoms. The summed E-state index contributed by atoms with van der Waals surface area (Å²) in [6.45, 7) is 2.04. The first-order chi connectivity index (χ1) is 8.70. The molecule has 0 radical (unpaired) electrons. The average molecular weight is 280 g/mol. The van der Waals surface area contributed by atoms with E-state index in [0.717, 1.165) is 0 Å². The van der Waals surface area contributed by atoms with Gasteiger partial charge in [0.15, 0.2) is 0 Å². The monoisotopic (exact) mass is 280 g/mol. The number of amides is 1. The lowest BCUT2D eigenvalue weighted by Gasteiger charge is -2.31. The summed E-state index contributed by atoms with van der Waals surface area (Å²) >= 11 is 0. The number of ketones is 1. The minimum absolute atomic E-state index is 0.118. The molecule has 8 heteroatoms. The molecule has 108 valence electrons. The lowest BCUT2D eigenvalue weighted by molar-refractivity contribution is -0.165. The Morgan fingerprint density at radius 2 is 1.84 bits per heavy atom. The summed E-state index contributed by atoms with van der Waals surface area (Å²) in [5.74, 6) is -1.90. The van der Waals surface area contributed by atoms with Crippen molar-refractivity contribution in [2.75, 3.05) is 13.1 Å². The van der Waals surface area contributed by atoms with Crippen molar-refractivity contribution in [1.82, 2.24) is 10.2 Å². The Bertz CT molecular complexity index is 385. The molecule has 1 saturated heterocycles. The average Bonchev–Trinajstić information content (AvgIpc) is 2.28. The second-order valence-electron chi connectivity index (χ2n) is 4.38. The van der Waals surface area contributed by atoms with E-state index in [9.17, 15) is 22.8 Å². The highest BCUT2D eigenvalue weighted by molar-refractivity contribution is 5.94. The Balaban J connectivity index is 2.47. The number of rotatable bonds is 3. The van der Waals surface area contributed by atoms with Crippen molar-refractivity contribution in [3.05, 3.63) is 11.8 Å². The molecule has 0 atom stereocenters. The summed E-state index contributed by atoms with van der Waals surface area (Å²) in [7, 11) is 0. The van der Waals surface area contributed by atoms with E-state index in [0.29, 0.717) is 32.0 Å². The molecule has 1 aliphatic rings. The van der Waals surface area contributed by atoms with E-state index in [1.807, 2.05) is 0 Å². The first-order valence-corrected chi connectivity index (χ1v) is 5.74. The van der Waals surface area contributed by atoms with Crippen LogP contribution in [0.15, 0.2) is 11.8 Å². The van der Waals surface area contributed by atoms with E-state index in [1.165, 1.54) is 11.8 Å². The van der Waals surface area contributed by atoms with Crippen molar-refractivity contribution in [2.24, 2.45) is 0 Å². The van der Waals surface area contributed by atoms with Gasteiger partial charge in [-0.15, -0.1) is 0 Å². The molecule has 1 heterocycles. The van der Waals surface area contributed by atoms with Gasteiger partial charge in [0.1, 0.15) is 0 Å². The van der Waals surface area contributed by atoms with Crippen LogP contribution in [-0.4, -0.2) is 47.2 Å². The van der Waals surface area contributed by atoms with Gasteiger partial charge in [-0.3, -0.25) is 4.79 Å². The fourth-order valence-electron chi connectivity index (χ4n) is 1.86. The number of piperidine rings is 1. The van der Waals surface area contributed by atoms with E-state index in [-0.39, 0.29) is 11.7 Å². The zero-order valence-electron chi connectivity index (χ0n) is 10.3. The maximum absolute atomic E-state index is 12.0. The summed E-state index contributed by atoms with van der Waals surface area (Å²) in [5, 5.41) is 11.5. The number of nitrogens with zero attached hydrogens (tertiary/aromatic N) is 1. The second-order valence-corrected chi connectivity index (χ2v) is 4.38. The SMILES string of the molecule is CC(=CC(=O)C(F)(F)F)NC1CCN(C(=O)O)CC1. The molecule has 5 nitrogen and oxygen atoms in total. The molecule has 0 aromatic carbocycles. The Kier molecular flexibility index (Phi) is 4.79. The quantitative estimate of drug-likeness (QED) is 0.773. The molecule has 1 rings (SSSR count). The first-order valence-electron chi connectivity index (χ1n) is 5.74. The van der Waals surface area contributed by atoms with E-state index in [4.69, 9.17) is 5.11 Å². The second kappa shape index (κ2) is 5.94. The van der Waals surface area contributed by atoms with Crippen LogP contribution >= 0.6 is 0 Å². The lowest BCUT2D eigenvalue weighted by Crippen LogP contribution is -2.44. The zero-order chi connectivity index (χ0) is 14.6. The van der Waals surface area contributed by atoms with Gasteiger partial charge in [0.2, 0.25) is 0 Å². The maximum Gasteiger partial charge on any atom is 0.454 e. The molecule has 1 aliphatic heterocycles. The Hall–Kier alpha value is -1.73. The normalized spacial score (nSPS) is 18.3. The van der Waals surface area contributed by atoms with Crippen LogP contribution in [0.4, 0.5) is 18.0 Å². The van der Waals surface area contributed by atoms with Gasteiger partial charge < -0.3 is 15.3 Å². The number of hydrogen-bond donors (Lipinski definition) is 2. The van der Waals surface area contributed by atoms with Gasteiger partial charge in [-0.2, -0.15) is 13.2 Å². The highest BCUT2D eigenvalue weighted by atomic mass is 19.4. The minimum atomic E-state index is -4.87. The largest absolute Gasteiger partial charge is 0.465 e. The lowest BCUT2D eigenvalue weighted by atomic mass is 10.1. The Morgan fingerprint density at radius 1 is 1.32 bits per heavy atom. The highest BCUT2D eigenvalue weighted by Crippen LogP contribution is 2.17. The van der Waals surface area contributed by atoms with Crippen molar-refractivity contribution in [1.29, 1.82) is 0 Å². The summed E-state index contributed by atoms with van der Waals surface area (Å²) in [4.78, 5) is 22.6. The summed E-state index contributed by atoms with van der Waals surface area (Å²) in [6, 6.07) is -0.118. The molecule has 2 N–H and O–H groups in total. The van der Waals surface area contributed by atoms with Crippen molar-refractivity contribution in [3.63, 3.8) is 0 Å². The number of allylic oxidation sites excluding steroid dienone is 2. The fraction of sp³-hybridized carbons (Fsp3) is 0.636. The Labute approximate surface area is 108 Å². The van der Waals surface area contributed by atoms with E-state index >= 15 is 0 Å². The first kappa shape index (κ1) is 15.3. The smallest absolute Gasteiger partial charge is 0.454 e. The third kappa shape index (κ3) is 4.80. The molecular formula is C11H15F3N2O3. The highest BCUT2D eigenvalue weighted by Gasteiger charge is 2.36. The molecule has 0 aromatic heterocycles. The van der Waals surface area contributed by atoms with Gasteiger partial charge in [0.25, 0.3) is 5.78 Å². The van der Waals surface area contributed by atoms with Gasteiger partial charge in [0.05, 0.1) is 0 Å². The fourth-order valence-corrected chi connectivity index (χ4v) is 1.86. The number of carboxylic acid groups (broad SMARTS) is 1. The van der Waals surface area contributed by atoms with Crippen LogP contribution in [-0.2, 0) is 4.79 Å². The van der Waals surface area contributed by atoms with Crippen LogP contribution in [0, 0.1) is 0 Å². The van der Waals surface area contributed by atoms with Crippen LogP contribution in [0.25, 0.3) is 0 Å². The third-order valence-corrected chi connectivity index (χ3v) is 2.82. The Morgan fingerprint density at radius 3 is 2.26 bits per heavy atom. The molecule has 0 saturated carbocycles. The predicted molar refractivity (Wildman–Crippen MR) is 60.6 cm³/mol. The van der Waals surface area contributed by atoms with Crippen molar-refractivity contribution < 1.29 is 27.9 Å². The number of nitrogens with one attached hydrogen (secondary N) is 1. The number of likely N-dealkylation sites (tertiary alicyclic amines) is 1. The van der Waals surface area contributed by atoms with Crippen molar-refractivity contribution in [3.8, 4) is 0 Å². The van der Waals surface area contributed by atoms with Gasteiger partial charge >= 0.3 is 12.3 Å². The van der Waals surface area contributed by atoms with Gasteiger partial charge in [-0.25, -0.2) is 4.79 Å². The number of halogens is 3. The van der Waals surface area contributed by atoms with Crippen LogP contribution in [0.2, 0.25) is 0 Å². The van der Waals surface area contributed by atoms with E-state index in [1.54, 1.807) is 0 Å². The zero-order valence-corrected chi connectivity index (χ0v) is 10.3. The summed E-state index contributed by atoms with van der Waals surface area (Å²) < 4.78 is 36.1. The molecule has 0 spiro atoms. The van der Waals surface area contributed by atoms with Crippen LogP contribution < -0.4 is 5.32 Å². The van der Waals surface area contributed by atoms with Crippen molar-refractivity contribution >= 4 is 11.9 Å². The van der Waals surface area contributed by atoms with Gasteiger partial charge in [-0.05, 0) is 19.8 Å². The van der Waals surface area contributed by atoms with Crippen LogP contribution in [0.5, 0.6) is 0 Å². The van der Waals surface area contributed by atoms with E-state index in [2.05, 4.69) is 5.32 Å². The third-order valence-electron chi connectivity index (χ3n) is 2.82. The van der Waals surface area contributed by atoms with Gasteiger partial charge in [0, 0.05) is 30.9 Å². The van der Waals surface area contributed by atoms with Crippen molar-refractivity contribution in [2.45, 2.75) is 32.0 Å². The van der Waals surface area contributed by atoms with Crippen LogP contribution in [0.1, 0.15) is 19.8 Å². The summed E-state index contributed by atoms with van der Waals surface area (Å²) in [5.41, 5.74) is 0.135. The molecule has 0 unspecified atom stereocenters. The summed E-state index contributed by atoms with van der Waals surface area (Å²) in [6.07, 6.45) is -4.35. The molecule has 0 aromatic rings. The standard InChI is InChI=1S/C11H15F3N2O3/c1-7(6-9(17)11(12,13)14)15-8-2-4-16(5-3-8)10(18)19/h6,8,15H,2-5H2,1H3,(H,18,19). The molecule has 0 aliphatic carbocycles. The maximum atomic E-state index is 12.0. The predicted octanol–water partition coefficient (Wildman–Crippen LogP) is 1.75. The van der Waals surface area contributed by atoms with E-state index < -0.39 is 18.1 Å². The molecular weight excluding hydrogens is 265 g/mol. The molecule has 1 fully saturated rings. The minimum Gasteiger partial charge on any atom is -0.465 e. The topological polar surface area (TPSA) is 69.6 Å².